The summed E-state index contributed by atoms with van der Waals surface area (Å²) >= 11 is 0. The van der Waals surface area contributed by atoms with E-state index in [1.807, 2.05) is 0 Å². The van der Waals surface area contributed by atoms with Crippen LogP contribution >= 0.6 is 0 Å². The van der Waals surface area contributed by atoms with Crippen LogP contribution in [0.4, 0.5) is 0 Å². The van der Waals surface area contributed by atoms with Gasteiger partial charge in [0.05, 0.1) is 31.3 Å². The minimum atomic E-state index is -0.810. The topological polar surface area (TPSA) is 67.8 Å². The Labute approximate surface area is 95.1 Å². The lowest BCUT2D eigenvalue weighted by Gasteiger charge is -2.58. The molecule has 5 nitrogen and oxygen atoms in total. The van der Waals surface area contributed by atoms with Gasteiger partial charge < -0.3 is 19.9 Å². The molecule has 2 fully saturated rings. The summed E-state index contributed by atoms with van der Waals surface area (Å²) in [6, 6.07) is 0.442. The van der Waals surface area contributed by atoms with E-state index in [1.54, 1.807) is 13.8 Å². The van der Waals surface area contributed by atoms with E-state index < -0.39 is 5.41 Å². The average molecular weight is 229 g/mol. The predicted molar refractivity (Wildman–Crippen MR) is 56.9 cm³/mol. The van der Waals surface area contributed by atoms with Crippen molar-refractivity contribution in [3.63, 3.8) is 0 Å². The lowest BCUT2D eigenvalue weighted by molar-refractivity contribution is -0.233. The van der Waals surface area contributed by atoms with Gasteiger partial charge in [0.1, 0.15) is 5.60 Å². The van der Waals surface area contributed by atoms with Gasteiger partial charge in [0, 0.05) is 13.0 Å². The van der Waals surface area contributed by atoms with Crippen LogP contribution in [0.1, 0.15) is 20.3 Å². The number of carbonyl (C=O) groups excluding carboxylic acids is 1. The standard InChI is InChI=1S/C11H19NO4/c1-10(2,7-13)9(14)15-4-3-11-6-12-8(11)5-16-11/h8,12-13H,3-7H2,1-2H3/t8?,11-/m0/s1. The van der Waals surface area contributed by atoms with Crippen LogP contribution in [0.2, 0.25) is 0 Å². The zero-order valence-corrected chi connectivity index (χ0v) is 9.78. The molecule has 0 aromatic rings. The van der Waals surface area contributed by atoms with Gasteiger partial charge in [0.15, 0.2) is 0 Å². The Kier molecular flexibility index (Phi) is 2.94. The molecule has 0 aromatic carbocycles. The van der Waals surface area contributed by atoms with Crippen LogP contribution in [-0.2, 0) is 14.3 Å². The number of hydrogen-bond acceptors (Lipinski definition) is 5. The quantitative estimate of drug-likeness (QED) is 0.632. The van der Waals surface area contributed by atoms with E-state index in [4.69, 9.17) is 14.6 Å². The van der Waals surface area contributed by atoms with E-state index in [0.717, 1.165) is 19.6 Å². The van der Waals surface area contributed by atoms with Crippen LogP contribution in [0.5, 0.6) is 0 Å². The third kappa shape index (κ3) is 1.83. The van der Waals surface area contributed by atoms with Crippen molar-refractivity contribution in [1.29, 1.82) is 0 Å². The van der Waals surface area contributed by atoms with Gasteiger partial charge in [-0.05, 0) is 13.8 Å². The lowest BCUT2D eigenvalue weighted by Crippen LogP contribution is -2.78. The second kappa shape index (κ2) is 3.98. The summed E-state index contributed by atoms with van der Waals surface area (Å²) in [5.74, 6) is -0.352. The molecule has 0 saturated carbocycles. The van der Waals surface area contributed by atoms with Gasteiger partial charge >= 0.3 is 5.97 Å². The Bertz CT molecular complexity index is 282. The number of nitrogens with one attached hydrogen (secondary N) is 1. The summed E-state index contributed by atoms with van der Waals surface area (Å²) in [6.45, 7) is 5.11. The van der Waals surface area contributed by atoms with Gasteiger partial charge in [0.25, 0.3) is 0 Å². The summed E-state index contributed by atoms with van der Waals surface area (Å²) in [5, 5.41) is 12.3. The van der Waals surface area contributed by atoms with E-state index in [1.165, 1.54) is 0 Å². The summed E-state index contributed by atoms with van der Waals surface area (Å²) in [4.78, 5) is 11.5. The largest absolute Gasteiger partial charge is 0.465 e. The molecule has 0 aliphatic carbocycles. The first-order valence-corrected chi connectivity index (χ1v) is 5.66. The predicted octanol–water partition coefficient (Wildman–Crippen LogP) is -0.321. The number of morpholine rings is 1. The van der Waals surface area contributed by atoms with Crippen molar-refractivity contribution in [2.45, 2.75) is 31.9 Å². The summed E-state index contributed by atoms with van der Waals surface area (Å²) < 4.78 is 10.7. The molecule has 16 heavy (non-hydrogen) atoms. The fourth-order valence-corrected chi connectivity index (χ4v) is 1.90. The Hall–Kier alpha value is -0.650. The zero-order valence-electron chi connectivity index (χ0n) is 9.78. The fourth-order valence-electron chi connectivity index (χ4n) is 1.90. The minimum Gasteiger partial charge on any atom is -0.465 e. The number of carbonyl (C=O) groups is 1. The summed E-state index contributed by atoms with van der Waals surface area (Å²) in [7, 11) is 0. The van der Waals surface area contributed by atoms with E-state index in [-0.39, 0.29) is 18.2 Å². The van der Waals surface area contributed by atoms with Crippen molar-refractivity contribution in [3.8, 4) is 0 Å². The van der Waals surface area contributed by atoms with Gasteiger partial charge in [-0.25, -0.2) is 0 Å². The van der Waals surface area contributed by atoms with E-state index >= 15 is 0 Å². The van der Waals surface area contributed by atoms with Crippen LogP contribution < -0.4 is 5.32 Å². The van der Waals surface area contributed by atoms with Gasteiger partial charge in [-0.3, -0.25) is 4.79 Å². The van der Waals surface area contributed by atoms with E-state index in [9.17, 15) is 4.79 Å². The monoisotopic (exact) mass is 229 g/mol. The second-order valence-electron chi connectivity index (χ2n) is 5.24. The number of aliphatic hydroxyl groups is 1. The maximum Gasteiger partial charge on any atom is 0.313 e. The van der Waals surface area contributed by atoms with Gasteiger partial charge in [-0.2, -0.15) is 0 Å². The highest BCUT2D eigenvalue weighted by atomic mass is 16.6. The molecule has 2 N–H and O–H groups in total. The minimum absolute atomic E-state index is 0.0797. The molecule has 2 aliphatic rings. The highest BCUT2D eigenvalue weighted by molar-refractivity contribution is 5.76. The number of esters is 1. The van der Waals surface area contributed by atoms with Crippen molar-refractivity contribution >= 4 is 5.97 Å². The maximum absolute atomic E-state index is 11.5. The van der Waals surface area contributed by atoms with Crippen LogP contribution in [-0.4, -0.2) is 49.1 Å². The molecular formula is C11H19NO4. The van der Waals surface area contributed by atoms with Gasteiger partial charge in [-0.15, -0.1) is 0 Å². The smallest absolute Gasteiger partial charge is 0.313 e. The zero-order chi connectivity index (χ0) is 11.8. The summed E-state index contributed by atoms with van der Waals surface area (Å²) in [5.41, 5.74) is -0.890. The molecule has 2 atom stereocenters. The number of ether oxygens (including phenoxy) is 2. The van der Waals surface area contributed by atoms with Crippen LogP contribution in [0, 0.1) is 5.41 Å². The number of fused-ring (bicyclic) bond motifs is 1. The maximum atomic E-state index is 11.5. The number of hydrogen-bond donors (Lipinski definition) is 2. The molecule has 0 amide bonds. The summed E-state index contributed by atoms with van der Waals surface area (Å²) in [6.07, 6.45) is 0.734. The molecule has 2 heterocycles. The first kappa shape index (κ1) is 11.8. The third-order valence-electron chi connectivity index (χ3n) is 3.53. The van der Waals surface area contributed by atoms with Crippen molar-refractivity contribution in [3.05, 3.63) is 0 Å². The molecule has 1 unspecified atom stereocenters. The molecule has 0 spiro atoms. The molecule has 0 radical (unpaired) electrons. The van der Waals surface area contributed by atoms with Crippen LogP contribution in [0.25, 0.3) is 0 Å². The van der Waals surface area contributed by atoms with Crippen molar-refractivity contribution in [1.82, 2.24) is 5.32 Å². The molecular weight excluding hydrogens is 210 g/mol. The van der Waals surface area contributed by atoms with Crippen molar-refractivity contribution in [2.24, 2.45) is 5.41 Å². The fraction of sp³-hybridized carbons (Fsp3) is 0.909. The first-order valence-electron chi connectivity index (χ1n) is 5.66. The molecule has 2 saturated heterocycles. The Morgan fingerprint density at radius 1 is 1.69 bits per heavy atom. The SMILES string of the molecule is CC(C)(CO)C(=O)OCC[C@]12CNC1CO2. The lowest BCUT2D eigenvalue weighted by atomic mass is 9.79. The van der Waals surface area contributed by atoms with Crippen LogP contribution in [0.3, 0.4) is 0 Å². The molecule has 2 aliphatic heterocycles. The van der Waals surface area contributed by atoms with E-state index in [0.29, 0.717) is 12.6 Å². The van der Waals surface area contributed by atoms with Gasteiger partial charge in [-0.1, -0.05) is 0 Å². The molecule has 5 heteroatoms. The Balaban J connectivity index is 1.70. The number of rotatable bonds is 5. The normalized spacial score (nSPS) is 32.3. The molecule has 0 bridgehead atoms. The van der Waals surface area contributed by atoms with Gasteiger partial charge in [0.2, 0.25) is 0 Å². The molecule has 2 rings (SSSR count). The Morgan fingerprint density at radius 3 is 2.81 bits per heavy atom. The third-order valence-corrected chi connectivity index (χ3v) is 3.53. The Morgan fingerprint density at radius 2 is 2.44 bits per heavy atom. The average Bonchev–Trinajstić information content (AvgIpc) is 2.25. The van der Waals surface area contributed by atoms with E-state index in [2.05, 4.69) is 5.32 Å². The highest BCUT2D eigenvalue weighted by Crippen LogP contribution is 2.36. The second-order valence-corrected chi connectivity index (χ2v) is 5.24. The first-order chi connectivity index (χ1) is 7.50. The molecule has 92 valence electrons. The highest BCUT2D eigenvalue weighted by Gasteiger charge is 2.55. The van der Waals surface area contributed by atoms with Crippen molar-refractivity contribution in [2.75, 3.05) is 26.4 Å². The van der Waals surface area contributed by atoms with Crippen LogP contribution in [0.15, 0.2) is 0 Å². The number of aliphatic hydroxyl groups excluding tert-OH is 1. The molecule has 0 aromatic heterocycles. The van der Waals surface area contributed by atoms with Crippen molar-refractivity contribution < 1.29 is 19.4 Å².